The van der Waals surface area contributed by atoms with Gasteiger partial charge < -0.3 is 20.9 Å². The predicted octanol–water partition coefficient (Wildman–Crippen LogP) is 5.76. The first-order valence-corrected chi connectivity index (χ1v) is 15.4. The third kappa shape index (κ3) is 4.69. The van der Waals surface area contributed by atoms with E-state index in [9.17, 15) is 32.3 Å². The molecule has 4 N–H and O–H groups in total. The lowest BCUT2D eigenvalue weighted by atomic mass is 9.81. The van der Waals surface area contributed by atoms with Gasteiger partial charge in [-0.2, -0.15) is 18.3 Å². The van der Waals surface area contributed by atoms with Crippen LogP contribution >= 0.6 is 22.9 Å². The van der Waals surface area contributed by atoms with E-state index < -0.39 is 47.1 Å². The minimum Gasteiger partial charge on any atom is -0.489 e. The number of carbonyl (C=O) groups excluding carboxylic acids is 2. The van der Waals surface area contributed by atoms with Crippen LogP contribution in [0.3, 0.4) is 0 Å². The van der Waals surface area contributed by atoms with Gasteiger partial charge in [-0.05, 0) is 44.0 Å². The first-order valence-electron chi connectivity index (χ1n) is 14.1. The average Bonchev–Trinajstić information content (AvgIpc) is 3.45. The van der Waals surface area contributed by atoms with Crippen molar-refractivity contribution in [2.45, 2.75) is 43.0 Å². The van der Waals surface area contributed by atoms with Crippen molar-refractivity contribution in [1.82, 2.24) is 20.1 Å². The molecule has 15 heteroatoms. The van der Waals surface area contributed by atoms with E-state index in [-0.39, 0.29) is 50.5 Å². The number of nitrogens with one attached hydrogen (secondary N) is 1. The average molecular weight is 674 g/mol. The van der Waals surface area contributed by atoms with Crippen LogP contribution in [0.15, 0.2) is 48.0 Å². The molecule has 2 atom stereocenters. The van der Waals surface area contributed by atoms with Crippen molar-refractivity contribution in [1.29, 1.82) is 0 Å². The van der Waals surface area contributed by atoms with Crippen LogP contribution in [0.4, 0.5) is 17.6 Å². The van der Waals surface area contributed by atoms with Crippen molar-refractivity contribution >= 4 is 55.7 Å². The molecule has 0 saturated heterocycles. The van der Waals surface area contributed by atoms with Gasteiger partial charge in [0.05, 0.1) is 28.0 Å². The quantitative estimate of drug-likeness (QED) is 0.188. The highest BCUT2D eigenvalue weighted by Crippen LogP contribution is 2.49. The molecule has 1 unspecified atom stereocenters. The van der Waals surface area contributed by atoms with E-state index in [1.807, 2.05) is 0 Å². The number of carbonyl (C=O) groups is 2. The highest BCUT2D eigenvalue weighted by molar-refractivity contribution is 7.17. The Kier molecular flexibility index (Phi) is 6.85. The Morgan fingerprint density at radius 2 is 2.02 bits per heavy atom. The number of benzene rings is 2. The molecule has 1 aliphatic carbocycles. The minimum atomic E-state index is -5.36. The molecule has 5 aromatic rings. The fraction of sp³-hybridized carbons (Fsp3) is 0.290. The summed E-state index contributed by atoms with van der Waals surface area (Å²) in [7, 11) is 0. The molecular weight excluding hydrogens is 650 g/mol. The second kappa shape index (κ2) is 10.4. The Labute approximate surface area is 266 Å². The van der Waals surface area contributed by atoms with Crippen LogP contribution in [0.25, 0.3) is 32.2 Å². The monoisotopic (exact) mass is 673 g/mol. The number of amides is 2. The second-order valence-electron chi connectivity index (χ2n) is 11.8. The summed E-state index contributed by atoms with van der Waals surface area (Å²) in [5, 5.41) is 20.5. The summed E-state index contributed by atoms with van der Waals surface area (Å²) in [5.41, 5.74) is -0.108. The molecule has 4 heterocycles. The number of pyridine rings is 1. The molecule has 3 aromatic heterocycles. The Morgan fingerprint density at radius 3 is 2.72 bits per heavy atom. The molecule has 46 heavy (non-hydrogen) atoms. The number of hydrogen-bond donors (Lipinski definition) is 3. The van der Waals surface area contributed by atoms with Gasteiger partial charge in [-0.25, -0.2) is 9.37 Å². The third-order valence-corrected chi connectivity index (χ3v) is 9.88. The Balaban J connectivity index is 1.31. The zero-order valence-electron chi connectivity index (χ0n) is 23.9. The van der Waals surface area contributed by atoms with Crippen LogP contribution in [-0.4, -0.2) is 51.0 Å². The standard InChI is InChI=1S/C31H24ClF4N5O4S/c1-29(28(37)43)13-45-25-19(29)9-22(39-24(25)18-11-46-26-17(18)3-2-4-21(26)33)30(44,31(34,35)36)12-38-27(42)14-7-15-10-41(16-5-6-16)40-23(15)20(32)8-14/h2-4,7-11,16,44H,5-6,12-13H2,1H3,(H2,37,43)(H,38,42)/t29-,30?/m0/s1. The maximum Gasteiger partial charge on any atom is 0.424 e. The van der Waals surface area contributed by atoms with Gasteiger partial charge in [0, 0.05) is 39.0 Å². The number of primary amides is 1. The molecule has 0 bridgehead atoms. The lowest BCUT2D eigenvalue weighted by Gasteiger charge is -2.31. The van der Waals surface area contributed by atoms with Gasteiger partial charge in [0.15, 0.2) is 0 Å². The third-order valence-electron chi connectivity index (χ3n) is 8.58. The molecule has 0 radical (unpaired) electrons. The van der Waals surface area contributed by atoms with E-state index in [0.29, 0.717) is 16.3 Å². The maximum absolute atomic E-state index is 14.8. The van der Waals surface area contributed by atoms with E-state index in [1.165, 1.54) is 36.6 Å². The number of fused-ring (bicyclic) bond motifs is 3. The van der Waals surface area contributed by atoms with Crippen LogP contribution in [0.1, 0.15) is 47.4 Å². The summed E-state index contributed by atoms with van der Waals surface area (Å²) in [4.78, 5) is 30.0. The molecule has 1 aliphatic heterocycles. The molecule has 0 spiro atoms. The number of hydrogen-bond acceptors (Lipinski definition) is 7. The lowest BCUT2D eigenvalue weighted by molar-refractivity contribution is -0.265. The first kappa shape index (κ1) is 30.4. The summed E-state index contributed by atoms with van der Waals surface area (Å²) in [6, 6.07) is 8.15. The van der Waals surface area contributed by atoms with Gasteiger partial charge in [-0.3, -0.25) is 14.3 Å². The number of aliphatic hydroxyl groups is 1. The molecule has 2 aliphatic rings. The Bertz CT molecular complexity index is 2090. The van der Waals surface area contributed by atoms with Gasteiger partial charge in [-0.15, -0.1) is 11.3 Å². The summed E-state index contributed by atoms with van der Waals surface area (Å²) < 4.78 is 66.8. The van der Waals surface area contributed by atoms with Crippen molar-refractivity contribution in [3.8, 4) is 17.0 Å². The summed E-state index contributed by atoms with van der Waals surface area (Å²) in [6.07, 6.45) is -1.73. The van der Waals surface area contributed by atoms with Crippen LogP contribution in [0.2, 0.25) is 5.02 Å². The largest absolute Gasteiger partial charge is 0.489 e. The van der Waals surface area contributed by atoms with E-state index in [2.05, 4.69) is 15.4 Å². The molecule has 238 valence electrons. The van der Waals surface area contributed by atoms with E-state index in [4.69, 9.17) is 22.1 Å². The van der Waals surface area contributed by atoms with Crippen LogP contribution in [0.5, 0.6) is 5.75 Å². The summed E-state index contributed by atoms with van der Waals surface area (Å²) >= 11 is 7.37. The number of thiophene rings is 1. The van der Waals surface area contributed by atoms with E-state index in [0.717, 1.165) is 30.2 Å². The number of rotatable bonds is 7. The Morgan fingerprint density at radius 1 is 1.26 bits per heavy atom. The molecular formula is C31H24ClF4N5O4S. The topological polar surface area (TPSA) is 132 Å². The Hall–Kier alpha value is -4.27. The van der Waals surface area contributed by atoms with Gasteiger partial charge >= 0.3 is 6.18 Å². The molecule has 9 nitrogen and oxygen atoms in total. The summed E-state index contributed by atoms with van der Waals surface area (Å²) in [6.45, 7) is -0.238. The SMILES string of the molecule is C[C@]1(C(N)=O)COc2c1cc(C(O)(CNC(=O)c1cc(Cl)c3nn(C4CC4)cc3c1)C(F)(F)F)nc2-c1csc2c(F)cccc12. The fourth-order valence-electron chi connectivity index (χ4n) is 5.60. The zero-order chi connectivity index (χ0) is 32.8. The summed E-state index contributed by atoms with van der Waals surface area (Å²) in [5.74, 6) is -2.37. The fourth-order valence-corrected chi connectivity index (χ4v) is 6.83. The number of nitrogens with zero attached hydrogens (tertiary/aromatic N) is 3. The van der Waals surface area contributed by atoms with Crippen LogP contribution in [-0.2, 0) is 15.8 Å². The van der Waals surface area contributed by atoms with Crippen LogP contribution in [0, 0.1) is 5.82 Å². The smallest absolute Gasteiger partial charge is 0.424 e. The second-order valence-corrected chi connectivity index (χ2v) is 13.0. The minimum absolute atomic E-state index is 0.0164. The number of nitrogens with two attached hydrogens (primary N) is 1. The highest BCUT2D eigenvalue weighted by Gasteiger charge is 2.58. The number of ether oxygens (including phenoxy) is 1. The van der Waals surface area contributed by atoms with Gasteiger partial charge in [0.2, 0.25) is 11.5 Å². The van der Waals surface area contributed by atoms with Crippen molar-refractivity contribution in [3.05, 3.63) is 75.6 Å². The lowest BCUT2D eigenvalue weighted by Crippen LogP contribution is -2.51. The molecule has 2 amide bonds. The first-order chi connectivity index (χ1) is 21.7. The number of aromatic nitrogens is 3. The molecule has 1 saturated carbocycles. The van der Waals surface area contributed by atoms with E-state index in [1.54, 1.807) is 16.9 Å². The van der Waals surface area contributed by atoms with Crippen molar-refractivity contribution in [2.75, 3.05) is 13.2 Å². The van der Waals surface area contributed by atoms with Gasteiger partial charge in [0.25, 0.3) is 5.91 Å². The zero-order valence-corrected chi connectivity index (χ0v) is 25.5. The normalized spacial score (nSPS) is 19.2. The van der Waals surface area contributed by atoms with Gasteiger partial charge in [-0.1, -0.05) is 23.7 Å². The predicted molar refractivity (Wildman–Crippen MR) is 162 cm³/mol. The molecule has 2 aromatic carbocycles. The van der Waals surface area contributed by atoms with Crippen molar-refractivity contribution in [3.63, 3.8) is 0 Å². The van der Waals surface area contributed by atoms with Crippen molar-refractivity contribution < 1.29 is 37.0 Å². The van der Waals surface area contributed by atoms with E-state index >= 15 is 0 Å². The van der Waals surface area contributed by atoms with Crippen LogP contribution < -0.4 is 15.8 Å². The molecule has 7 rings (SSSR count). The maximum atomic E-state index is 14.8. The van der Waals surface area contributed by atoms with Crippen molar-refractivity contribution in [2.24, 2.45) is 5.73 Å². The van der Waals surface area contributed by atoms with Gasteiger partial charge in [0.1, 0.15) is 34.8 Å². The molecule has 1 fully saturated rings. The number of halogens is 5. The highest BCUT2D eigenvalue weighted by atomic mass is 35.5. The number of alkyl halides is 3.